The lowest BCUT2D eigenvalue weighted by Crippen LogP contribution is -2.24. The lowest BCUT2D eigenvalue weighted by atomic mass is 10.0. The molecule has 124 valence electrons. The predicted molar refractivity (Wildman–Crippen MR) is 87.7 cm³/mol. The first-order chi connectivity index (χ1) is 10.8. The highest BCUT2D eigenvalue weighted by Gasteiger charge is 2.31. The van der Waals surface area contributed by atoms with Gasteiger partial charge in [-0.05, 0) is 30.2 Å². The van der Waals surface area contributed by atoms with Crippen LogP contribution in [0.2, 0.25) is 5.02 Å². The maximum absolute atomic E-state index is 12.8. The van der Waals surface area contributed by atoms with Crippen molar-refractivity contribution in [1.29, 1.82) is 0 Å². The fourth-order valence-electron chi connectivity index (χ4n) is 2.30. The van der Waals surface area contributed by atoms with E-state index in [4.69, 9.17) is 17.3 Å². The van der Waals surface area contributed by atoms with Crippen molar-refractivity contribution < 1.29 is 13.2 Å². The molecule has 0 aliphatic heterocycles. The van der Waals surface area contributed by atoms with E-state index in [0.29, 0.717) is 18.7 Å². The van der Waals surface area contributed by atoms with Gasteiger partial charge in [-0.15, -0.1) is 0 Å². The van der Waals surface area contributed by atoms with Crippen LogP contribution in [-0.2, 0) is 6.18 Å². The number of alkyl halides is 3. The Bertz CT molecular complexity index is 644. The minimum atomic E-state index is -4.39. The maximum atomic E-state index is 12.8. The highest BCUT2D eigenvalue weighted by molar-refractivity contribution is 6.33. The topological polar surface area (TPSA) is 29.3 Å². The van der Waals surface area contributed by atoms with Gasteiger partial charge in [-0.3, -0.25) is 0 Å². The Morgan fingerprint density at radius 2 is 1.78 bits per heavy atom. The van der Waals surface area contributed by atoms with Gasteiger partial charge < -0.3 is 10.6 Å². The van der Waals surface area contributed by atoms with Crippen molar-refractivity contribution in [3.8, 4) is 0 Å². The Balaban J connectivity index is 2.07. The lowest BCUT2D eigenvalue weighted by Gasteiger charge is -2.23. The molecule has 0 unspecified atom stereocenters. The van der Waals surface area contributed by atoms with Crippen molar-refractivity contribution in [3.63, 3.8) is 0 Å². The molecule has 0 saturated heterocycles. The van der Waals surface area contributed by atoms with Crippen LogP contribution in [0.1, 0.15) is 23.6 Å². The normalized spacial score (nSPS) is 13.0. The maximum Gasteiger partial charge on any atom is 0.416 e. The van der Waals surface area contributed by atoms with Gasteiger partial charge in [0.05, 0.1) is 16.3 Å². The Kier molecular flexibility index (Phi) is 5.55. The zero-order valence-corrected chi connectivity index (χ0v) is 13.4. The van der Waals surface area contributed by atoms with Gasteiger partial charge in [0.1, 0.15) is 0 Å². The van der Waals surface area contributed by atoms with Gasteiger partial charge in [0.25, 0.3) is 0 Å². The zero-order valence-electron chi connectivity index (χ0n) is 12.6. The summed E-state index contributed by atoms with van der Waals surface area (Å²) in [5.41, 5.74) is 6.75. The average molecular weight is 343 g/mol. The molecular formula is C17H18ClF3N2. The molecule has 0 heterocycles. The van der Waals surface area contributed by atoms with E-state index in [-0.39, 0.29) is 11.1 Å². The minimum Gasteiger partial charge on any atom is -0.373 e. The third kappa shape index (κ3) is 4.62. The SMILES string of the molecule is CN(CC[C@@H](N)c1ccccc1)c1cc(C(F)(F)F)ccc1Cl. The molecule has 0 spiro atoms. The van der Waals surface area contributed by atoms with E-state index >= 15 is 0 Å². The Morgan fingerprint density at radius 1 is 1.13 bits per heavy atom. The Morgan fingerprint density at radius 3 is 2.39 bits per heavy atom. The van der Waals surface area contributed by atoms with Gasteiger partial charge in [-0.25, -0.2) is 0 Å². The van der Waals surface area contributed by atoms with E-state index in [1.54, 1.807) is 11.9 Å². The monoisotopic (exact) mass is 342 g/mol. The molecule has 0 aliphatic rings. The van der Waals surface area contributed by atoms with Crippen LogP contribution in [0, 0.1) is 0 Å². The van der Waals surface area contributed by atoms with E-state index in [9.17, 15) is 13.2 Å². The van der Waals surface area contributed by atoms with Crippen LogP contribution in [0.4, 0.5) is 18.9 Å². The molecule has 0 saturated carbocycles. The van der Waals surface area contributed by atoms with Crippen molar-refractivity contribution in [2.45, 2.75) is 18.6 Å². The molecule has 0 amide bonds. The van der Waals surface area contributed by atoms with Crippen LogP contribution in [0.3, 0.4) is 0 Å². The van der Waals surface area contributed by atoms with Crippen molar-refractivity contribution in [1.82, 2.24) is 0 Å². The van der Waals surface area contributed by atoms with Gasteiger partial charge in [-0.1, -0.05) is 41.9 Å². The van der Waals surface area contributed by atoms with Crippen LogP contribution in [0.15, 0.2) is 48.5 Å². The van der Waals surface area contributed by atoms with E-state index in [0.717, 1.165) is 17.7 Å². The smallest absolute Gasteiger partial charge is 0.373 e. The van der Waals surface area contributed by atoms with E-state index < -0.39 is 11.7 Å². The summed E-state index contributed by atoms with van der Waals surface area (Å²) in [7, 11) is 1.71. The van der Waals surface area contributed by atoms with Crippen LogP contribution in [0.25, 0.3) is 0 Å². The standard InChI is InChI=1S/C17H18ClF3N2/c1-23(10-9-15(22)12-5-3-2-4-6-12)16-11-13(17(19,20)21)7-8-14(16)18/h2-8,11,15H,9-10,22H2,1H3/t15-/m1/s1. The van der Waals surface area contributed by atoms with Gasteiger partial charge >= 0.3 is 6.18 Å². The van der Waals surface area contributed by atoms with Crippen molar-refractivity contribution in [3.05, 3.63) is 64.7 Å². The summed E-state index contributed by atoms with van der Waals surface area (Å²) in [5.74, 6) is 0. The quantitative estimate of drug-likeness (QED) is 0.838. The van der Waals surface area contributed by atoms with Crippen molar-refractivity contribution >= 4 is 17.3 Å². The summed E-state index contributed by atoms with van der Waals surface area (Å²) in [4.78, 5) is 1.69. The minimum absolute atomic E-state index is 0.178. The van der Waals surface area contributed by atoms with E-state index in [2.05, 4.69) is 0 Å². The number of nitrogens with zero attached hydrogens (tertiary/aromatic N) is 1. The summed E-state index contributed by atoms with van der Waals surface area (Å²) in [6.07, 6.45) is -3.78. The molecule has 23 heavy (non-hydrogen) atoms. The van der Waals surface area contributed by atoms with Crippen LogP contribution in [0.5, 0.6) is 0 Å². The molecule has 1 atom stereocenters. The van der Waals surface area contributed by atoms with Crippen molar-refractivity contribution in [2.75, 3.05) is 18.5 Å². The average Bonchev–Trinajstić information content (AvgIpc) is 2.52. The molecule has 0 bridgehead atoms. The number of hydrogen-bond donors (Lipinski definition) is 1. The van der Waals surface area contributed by atoms with Gasteiger partial charge in [0.15, 0.2) is 0 Å². The van der Waals surface area contributed by atoms with Crippen LogP contribution >= 0.6 is 11.6 Å². The largest absolute Gasteiger partial charge is 0.416 e. The first-order valence-corrected chi connectivity index (χ1v) is 7.55. The van der Waals surface area contributed by atoms with Gasteiger partial charge in [-0.2, -0.15) is 13.2 Å². The van der Waals surface area contributed by atoms with Crippen LogP contribution < -0.4 is 10.6 Å². The number of nitrogens with two attached hydrogens (primary N) is 1. The summed E-state index contributed by atoms with van der Waals surface area (Å²) in [6, 6.07) is 12.7. The van der Waals surface area contributed by atoms with Gasteiger partial charge in [0, 0.05) is 19.6 Å². The number of halogens is 4. The molecular weight excluding hydrogens is 325 g/mol. The molecule has 2 N–H and O–H groups in total. The summed E-state index contributed by atoms with van der Waals surface area (Å²) >= 11 is 6.03. The fourth-order valence-corrected chi connectivity index (χ4v) is 2.56. The second kappa shape index (κ2) is 7.23. The fraction of sp³-hybridized carbons (Fsp3) is 0.294. The number of rotatable bonds is 5. The highest BCUT2D eigenvalue weighted by Crippen LogP contribution is 2.35. The zero-order chi connectivity index (χ0) is 17.0. The molecule has 0 radical (unpaired) electrons. The summed E-state index contributed by atoms with van der Waals surface area (Å²) in [5, 5.41) is 0.286. The molecule has 0 aliphatic carbocycles. The van der Waals surface area contributed by atoms with E-state index in [1.165, 1.54) is 6.07 Å². The third-order valence-corrected chi connectivity index (χ3v) is 4.01. The summed E-state index contributed by atoms with van der Waals surface area (Å²) in [6.45, 7) is 0.497. The van der Waals surface area contributed by atoms with Gasteiger partial charge in [0.2, 0.25) is 0 Å². The molecule has 0 aromatic heterocycles. The molecule has 6 heteroatoms. The predicted octanol–water partition coefficient (Wildman–Crippen LogP) is 4.89. The number of hydrogen-bond acceptors (Lipinski definition) is 2. The van der Waals surface area contributed by atoms with E-state index in [1.807, 2.05) is 30.3 Å². The third-order valence-electron chi connectivity index (χ3n) is 3.69. The number of anilines is 1. The second-order valence-corrected chi connectivity index (χ2v) is 5.80. The molecule has 2 nitrogen and oxygen atoms in total. The molecule has 2 rings (SSSR count). The molecule has 2 aromatic rings. The second-order valence-electron chi connectivity index (χ2n) is 5.39. The molecule has 2 aromatic carbocycles. The first-order valence-electron chi connectivity index (χ1n) is 7.17. The first kappa shape index (κ1) is 17.6. The van der Waals surface area contributed by atoms with Crippen LogP contribution in [-0.4, -0.2) is 13.6 Å². The Labute approximate surface area is 138 Å². The highest BCUT2D eigenvalue weighted by atomic mass is 35.5. The lowest BCUT2D eigenvalue weighted by molar-refractivity contribution is -0.137. The molecule has 0 fully saturated rings. The summed E-state index contributed by atoms with van der Waals surface area (Å²) < 4.78 is 38.5. The van der Waals surface area contributed by atoms with Crippen molar-refractivity contribution in [2.24, 2.45) is 5.73 Å². The number of benzene rings is 2. The Hall–Kier alpha value is -1.72.